The monoisotopic (exact) mass is 345 g/mol. The lowest BCUT2D eigenvalue weighted by Crippen LogP contribution is -2.46. The molecule has 25 heavy (non-hydrogen) atoms. The van der Waals surface area contributed by atoms with Crippen LogP contribution in [0.15, 0.2) is 43.0 Å². The van der Waals surface area contributed by atoms with Crippen LogP contribution in [-0.2, 0) is 16.0 Å². The Hall–Kier alpha value is -2.10. The molecule has 0 fully saturated rings. The van der Waals surface area contributed by atoms with Crippen molar-refractivity contribution in [2.24, 2.45) is 11.8 Å². The van der Waals surface area contributed by atoms with Gasteiger partial charge < -0.3 is 10.1 Å². The Balaban J connectivity index is 2.71. The van der Waals surface area contributed by atoms with Crippen LogP contribution >= 0.6 is 0 Å². The van der Waals surface area contributed by atoms with Crippen molar-refractivity contribution < 1.29 is 14.3 Å². The lowest BCUT2D eigenvalue weighted by Gasteiger charge is -2.26. The largest absolute Gasteiger partial charge is 0.444 e. The summed E-state index contributed by atoms with van der Waals surface area (Å²) in [5.74, 6) is 0.0282. The van der Waals surface area contributed by atoms with Gasteiger partial charge in [0.05, 0.1) is 6.04 Å². The molecule has 1 aromatic carbocycles. The van der Waals surface area contributed by atoms with Gasteiger partial charge in [-0.25, -0.2) is 4.79 Å². The number of ether oxygens (including phenoxy) is 1. The number of amides is 1. The third kappa shape index (κ3) is 8.01. The first-order valence-corrected chi connectivity index (χ1v) is 8.81. The quantitative estimate of drug-likeness (QED) is 0.704. The van der Waals surface area contributed by atoms with E-state index >= 15 is 0 Å². The van der Waals surface area contributed by atoms with Gasteiger partial charge in [-0.3, -0.25) is 4.79 Å². The minimum atomic E-state index is -0.592. The zero-order valence-electron chi connectivity index (χ0n) is 16.0. The third-order valence-electron chi connectivity index (χ3n) is 3.82. The molecule has 0 aliphatic carbocycles. The van der Waals surface area contributed by atoms with Crippen LogP contribution < -0.4 is 5.32 Å². The summed E-state index contributed by atoms with van der Waals surface area (Å²) in [6.45, 7) is 13.1. The Bertz CT molecular complexity index is 573. The highest BCUT2D eigenvalue weighted by atomic mass is 16.6. The van der Waals surface area contributed by atoms with Gasteiger partial charge in [0.1, 0.15) is 5.60 Å². The van der Waals surface area contributed by atoms with Gasteiger partial charge >= 0.3 is 6.09 Å². The summed E-state index contributed by atoms with van der Waals surface area (Å²) in [5, 5.41) is 2.72. The number of rotatable bonds is 8. The van der Waals surface area contributed by atoms with Crippen molar-refractivity contribution in [2.75, 3.05) is 0 Å². The van der Waals surface area contributed by atoms with Crippen LogP contribution in [0.3, 0.4) is 0 Å². The molecular weight excluding hydrogens is 314 g/mol. The fourth-order valence-electron chi connectivity index (χ4n) is 2.59. The highest BCUT2D eigenvalue weighted by Crippen LogP contribution is 2.17. The molecule has 0 aliphatic heterocycles. The molecule has 0 spiro atoms. The number of hydrogen-bond donors (Lipinski definition) is 1. The lowest BCUT2D eigenvalue weighted by molar-refractivity contribution is -0.122. The number of benzene rings is 1. The second-order valence-electron chi connectivity index (χ2n) is 7.72. The van der Waals surface area contributed by atoms with Gasteiger partial charge in [0.2, 0.25) is 0 Å². The molecule has 0 bridgehead atoms. The minimum Gasteiger partial charge on any atom is -0.444 e. The molecule has 0 radical (unpaired) electrons. The molecule has 0 saturated heterocycles. The van der Waals surface area contributed by atoms with Crippen LogP contribution in [0.1, 0.15) is 46.6 Å². The fraction of sp³-hybridized carbons (Fsp3) is 0.524. The highest BCUT2D eigenvalue weighted by molar-refractivity contribution is 5.88. The molecular formula is C21H31NO3. The summed E-state index contributed by atoms with van der Waals surface area (Å²) < 4.78 is 5.27. The van der Waals surface area contributed by atoms with Crippen molar-refractivity contribution in [3.05, 3.63) is 48.6 Å². The second-order valence-corrected chi connectivity index (χ2v) is 7.72. The van der Waals surface area contributed by atoms with E-state index in [9.17, 15) is 9.59 Å². The van der Waals surface area contributed by atoms with Gasteiger partial charge in [-0.15, -0.1) is 6.58 Å². The van der Waals surface area contributed by atoms with E-state index in [0.29, 0.717) is 6.42 Å². The molecule has 0 saturated carbocycles. The summed E-state index contributed by atoms with van der Waals surface area (Å²) in [4.78, 5) is 24.7. The fourth-order valence-corrected chi connectivity index (χ4v) is 2.59. The molecule has 0 heterocycles. The molecule has 0 aromatic heterocycles. The first-order valence-electron chi connectivity index (χ1n) is 8.81. The zero-order valence-corrected chi connectivity index (χ0v) is 16.0. The van der Waals surface area contributed by atoms with Crippen molar-refractivity contribution in [3.8, 4) is 0 Å². The Labute approximate surface area is 151 Å². The molecule has 0 aliphatic rings. The summed E-state index contributed by atoms with van der Waals surface area (Å²) in [6.07, 6.45) is 2.36. The van der Waals surface area contributed by atoms with Crippen LogP contribution in [0.4, 0.5) is 4.79 Å². The summed E-state index contributed by atoms with van der Waals surface area (Å²) in [6, 6.07) is 9.46. The first kappa shape index (κ1) is 20.9. The number of hydrogen-bond acceptors (Lipinski definition) is 3. The summed E-state index contributed by atoms with van der Waals surface area (Å²) >= 11 is 0. The molecule has 2 atom stereocenters. The molecule has 1 unspecified atom stereocenters. The average molecular weight is 345 g/mol. The number of ketones is 1. The number of carbonyl (C=O) groups is 2. The number of alkyl carbamates (subject to hydrolysis) is 1. The smallest absolute Gasteiger partial charge is 0.408 e. The second kappa shape index (κ2) is 9.40. The van der Waals surface area contributed by atoms with E-state index in [1.165, 1.54) is 5.56 Å². The van der Waals surface area contributed by atoms with E-state index in [2.05, 4.69) is 11.9 Å². The van der Waals surface area contributed by atoms with Gasteiger partial charge in [0.15, 0.2) is 5.78 Å². The van der Waals surface area contributed by atoms with E-state index in [0.717, 1.165) is 6.42 Å². The number of nitrogens with one attached hydrogen (secondary N) is 1. The Morgan fingerprint density at radius 3 is 2.28 bits per heavy atom. The summed E-state index contributed by atoms with van der Waals surface area (Å²) in [7, 11) is 0. The number of carbonyl (C=O) groups excluding carboxylic acids is 2. The van der Waals surface area contributed by atoms with E-state index < -0.39 is 17.7 Å². The Kier molecular flexibility index (Phi) is 7.88. The Morgan fingerprint density at radius 1 is 1.20 bits per heavy atom. The maximum atomic E-state index is 12.7. The maximum Gasteiger partial charge on any atom is 0.408 e. The van der Waals surface area contributed by atoms with E-state index in [4.69, 9.17) is 4.74 Å². The molecule has 1 aromatic rings. The van der Waals surface area contributed by atoms with Crippen LogP contribution in [0.5, 0.6) is 0 Å². The van der Waals surface area contributed by atoms with Crippen molar-refractivity contribution in [3.63, 3.8) is 0 Å². The van der Waals surface area contributed by atoms with Gasteiger partial charge in [-0.05, 0) is 44.6 Å². The Morgan fingerprint density at radius 2 is 1.80 bits per heavy atom. The van der Waals surface area contributed by atoms with Crippen LogP contribution in [0.25, 0.3) is 0 Å². The maximum absolute atomic E-state index is 12.7. The third-order valence-corrected chi connectivity index (χ3v) is 3.82. The number of allylic oxidation sites excluding steroid dienone is 1. The molecule has 1 rings (SSSR count). The predicted molar refractivity (Wildman–Crippen MR) is 101 cm³/mol. The van der Waals surface area contributed by atoms with Crippen molar-refractivity contribution >= 4 is 11.9 Å². The van der Waals surface area contributed by atoms with Crippen LogP contribution in [-0.4, -0.2) is 23.5 Å². The van der Waals surface area contributed by atoms with Crippen molar-refractivity contribution in [1.82, 2.24) is 5.32 Å². The van der Waals surface area contributed by atoms with Crippen LogP contribution in [0.2, 0.25) is 0 Å². The molecule has 1 amide bonds. The molecule has 1 N–H and O–H groups in total. The SMILES string of the molecule is C=CC(CC(=O)[C@@H](NC(=O)OC(C)(C)C)C(C)C)Cc1ccccc1. The van der Waals surface area contributed by atoms with Crippen LogP contribution in [0, 0.1) is 11.8 Å². The van der Waals surface area contributed by atoms with E-state index in [1.807, 2.05) is 50.3 Å². The zero-order chi connectivity index (χ0) is 19.0. The van der Waals surface area contributed by atoms with Crippen molar-refractivity contribution in [2.45, 2.75) is 59.1 Å². The van der Waals surface area contributed by atoms with E-state index in [-0.39, 0.29) is 17.6 Å². The predicted octanol–water partition coefficient (Wildman–Crippen LogP) is 4.54. The standard InChI is InChI=1S/C21H31NO3/c1-7-16(13-17-11-9-8-10-12-17)14-18(23)19(15(2)3)22-20(24)25-21(4,5)6/h7-12,15-16,19H,1,13-14H2,2-6H3,(H,22,24)/t16?,19-/m0/s1. The minimum absolute atomic E-state index is 0.00157. The van der Waals surface area contributed by atoms with Gasteiger partial charge in [-0.1, -0.05) is 50.3 Å². The topological polar surface area (TPSA) is 55.4 Å². The average Bonchev–Trinajstić information content (AvgIpc) is 2.50. The molecule has 4 nitrogen and oxygen atoms in total. The molecule has 138 valence electrons. The van der Waals surface area contributed by atoms with Gasteiger partial charge in [0.25, 0.3) is 0 Å². The number of Topliss-reactive ketones (excluding diaryl/α,β-unsaturated/α-hetero) is 1. The van der Waals surface area contributed by atoms with Gasteiger partial charge in [0, 0.05) is 6.42 Å². The highest BCUT2D eigenvalue weighted by Gasteiger charge is 2.27. The summed E-state index contributed by atoms with van der Waals surface area (Å²) in [5.41, 5.74) is 0.576. The molecule has 4 heteroatoms. The lowest BCUT2D eigenvalue weighted by atomic mass is 9.89. The van der Waals surface area contributed by atoms with Crippen molar-refractivity contribution in [1.29, 1.82) is 0 Å². The normalized spacial score (nSPS) is 13.8. The first-order chi connectivity index (χ1) is 11.6. The van der Waals surface area contributed by atoms with Gasteiger partial charge in [-0.2, -0.15) is 0 Å². The van der Waals surface area contributed by atoms with E-state index in [1.54, 1.807) is 20.8 Å².